The molecular formula is C10H20O. The molecule has 0 amide bonds. The van der Waals surface area contributed by atoms with Crippen molar-refractivity contribution < 1.29 is 4.74 Å². The minimum absolute atomic E-state index is 0.165. The molecule has 2 atom stereocenters. The quantitative estimate of drug-likeness (QED) is 0.567. The summed E-state index contributed by atoms with van der Waals surface area (Å²) in [6.07, 6.45) is 2.55. The topological polar surface area (TPSA) is 9.23 Å². The Morgan fingerprint density at radius 3 is 2.00 bits per heavy atom. The lowest BCUT2D eigenvalue weighted by Crippen LogP contribution is -2.51. The Labute approximate surface area is 70.1 Å². The molecule has 1 nitrogen and oxygen atoms in total. The molecule has 0 N–H and O–H groups in total. The van der Waals surface area contributed by atoms with E-state index in [0.29, 0.717) is 5.41 Å². The van der Waals surface area contributed by atoms with Gasteiger partial charge in [0.25, 0.3) is 0 Å². The molecule has 1 heteroatoms. The van der Waals surface area contributed by atoms with E-state index in [4.69, 9.17) is 4.74 Å². The Balaban J connectivity index is 2.63. The van der Waals surface area contributed by atoms with Crippen molar-refractivity contribution in [3.63, 3.8) is 0 Å². The van der Waals surface area contributed by atoms with E-state index in [-0.39, 0.29) is 5.60 Å². The van der Waals surface area contributed by atoms with Crippen LogP contribution < -0.4 is 0 Å². The monoisotopic (exact) mass is 156 g/mol. The molecule has 11 heavy (non-hydrogen) atoms. The van der Waals surface area contributed by atoms with Crippen LogP contribution in [-0.2, 0) is 4.74 Å². The summed E-state index contributed by atoms with van der Waals surface area (Å²) in [6, 6.07) is 0. The minimum atomic E-state index is 0.165. The van der Waals surface area contributed by atoms with Crippen molar-refractivity contribution in [3.05, 3.63) is 0 Å². The number of hydrogen-bond donors (Lipinski definition) is 0. The van der Waals surface area contributed by atoms with Gasteiger partial charge in [-0.05, 0) is 31.1 Å². The van der Waals surface area contributed by atoms with Crippen molar-refractivity contribution in [2.75, 3.05) is 7.11 Å². The summed E-state index contributed by atoms with van der Waals surface area (Å²) in [5.41, 5.74) is 0.571. The van der Waals surface area contributed by atoms with E-state index < -0.39 is 0 Å². The van der Waals surface area contributed by atoms with E-state index in [1.54, 1.807) is 0 Å². The summed E-state index contributed by atoms with van der Waals surface area (Å²) in [6.45, 7) is 9.13. The normalized spacial score (nSPS) is 38.5. The Morgan fingerprint density at radius 1 is 1.36 bits per heavy atom. The molecule has 0 aromatic rings. The third-order valence-corrected chi connectivity index (χ3v) is 3.18. The Morgan fingerprint density at radius 2 is 1.91 bits per heavy atom. The highest BCUT2D eigenvalue weighted by Gasteiger charge is 2.48. The van der Waals surface area contributed by atoms with E-state index in [1.165, 1.54) is 12.8 Å². The van der Waals surface area contributed by atoms with Gasteiger partial charge < -0.3 is 4.74 Å². The Bertz CT molecular complexity index is 141. The van der Waals surface area contributed by atoms with Gasteiger partial charge in [-0.2, -0.15) is 0 Å². The van der Waals surface area contributed by atoms with Crippen molar-refractivity contribution in [2.45, 2.75) is 46.1 Å². The molecule has 0 bridgehead atoms. The van der Waals surface area contributed by atoms with Crippen LogP contribution in [0.1, 0.15) is 40.5 Å². The van der Waals surface area contributed by atoms with Gasteiger partial charge in [0.15, 0.2) is 0 Å². The second kappa shape index (κ2) is 2.48. The smallest absolute Gasteiger partial charge is 0.0683 e. The van der Waals surface area contributed by atoms with Crippen molar-refractivity contribution in [3.8, 4) is 0 Å². The van der Waals surface area contributed by atoms with Crippen LogP contribution >= 0.6 is 0 Å². The van der Waals surface area contributed by atoms with E-state index in [1.807, 2.05) is 7.11 Å². The molecule has 1 aliphatic carbocycles. The van der Waals surface area contributed by atoms with E-state index in [2.05, 4.69) is 27.7 Å². The van der Waals surface area contributed by atoms with Gasteiger partial charge in [0.05, 0.1) is 5.60 Å². The number of ether oxygens (including phenoxy) is 1. The first-order valence-corrected chi connectivity index (χ1v) is 4.45. The number of hydrogen-bond acceptors (Lipinski definition) is 1. The SMILES string of the molecule is COC1(C)CCC1C(C)(C)C. The van der Waals surface area contributed by atoms with E-state index >= 15 is 0 Å². The predicted molar refractivity (Wildman–Crippen MR) is 47.6 cm³/mol. The first-order valence-electron chi connectivity index (χ1n) is 4.45. The first-order chi connectivity index (χ1) is 4.90. The van der Waals surface area contributed by atoms with Gasteiger partial charge in [0.1, 0.15) is 0 Å². The van der Waals surface area contributed by atoms with Crippen molar-refractivity contribution in [1.29, 1.82) is 0 Å². The fourth-order valence-electron chi connectivity index (χ4n) is 2.29. The molecule has 0 aromatic heterocycles. The summed E-state index contributed by atoms with van der Waals surface area (Å²) < 4.78 is 5.51. The molecular weight excluding hydrogens is 136 g/mol. The molecule has 1 rings (SSSR count). The molecule has 1 saturated carbocycles. The molecule has 2 unspecified atom stereocenters. The van der Waals surface area contributed by atoms with Crippen LogP contribution in [0.2, 0.25) is 0 Å². The molecule has 0 spiro atoms. The van der Waals surface area contributed by atoms with Gasteiger partial charge in [-0.1, -0.05) is 20.8 Å². The highest BCUT2D eigenvalue weighted by atomic mass is 16.5. The van der Waals surface area contributed by atoms with Crippen molar-refractivity contribution in [1.82, 2.24) is 0 Å². The van der Waals surface area contributed by atoms with Gasteiger partial charge in [0.2, 0.25) is 0 Å². The van der Waals surface area contributed by atoms with Gasteiger partial charge in [0, 0.05) is 7.11 Å². The number of methoxy groups -OCH3 is 1. The largest absolute Gasteiger partial charge is 0.378 e. The zero-order chi connectivity index (χ0) is 8.70. The maximum absolute atomic E-state index is 5.51. The second-order valence-electron chi connectivity index (χ2n) is 4.97. The van der Waals surface area contributed by atoms with Crippen LogP contribution in [-0.4, -0.2) is 12.7 Å². The molecule has 0 radical (unpaired) electrons. The van der Waals surface area contributed by atoms with Crippen molar-refractivity contribution >= 4 is 0 Å². The predicted octanol–water partition coefficient (Wildman–Crippen LogP) is 2.85. The van der Waals surface area contributed by atoms with Crippen LogP contribution in [0.15, 0.2) is 0 Å². The molecule has 66 valence electrons. The molecule has 1 aliphatic rings. The van der Waals surface area contributed by atoms with E-state index in [0.717, 1.165) is 5.92 Å². The highest BCUT2D eigenvalue weighted by molar-refractivity contribution is 4.99. The Hall–Kier alpha value is -0.0400. The van der Waals surface area contributed by atoms with Crippen LogP contribution in [0.25, 0.3) is 0 Å². The van der Waals surface area contributed by atoms with Crippen LogP contribution in [0.3, 0.4) is 0 Å². The average molecular weight is 156 g/mol. The first kappa shape index (κ1) is 9.05. The zero-order valence-corrected chi connectivity index (χ0v) is 8.40. The zero-order valence-electron chi connectivity index (χ0n) is 8.40. The summed E-state index contributed by atoms with van der Waals surface area (Å²) in [4.78, 5) is 0. The minimum Gasteiger partial charge on any atom is -0.378 e. The van der Waals surface area contributed by atoms with Crippen LogP contribution in [0.5, 0.6) is 0 Å². The summed E-state index contributed by atoms with van der Waals surface area (Å²) in [5.74, 6) is 0.736. The number of rotatable bonds is 1. The van der Waals surface area contributed by atoms with Crippen LogP contribution in [0.4, 0.5) is 0 Å². The standard InChI is InChI=1S/C10H20O/c1-9(2,3)8-6-7-10(8,4)11-5/h8H,6-7H2,1-5H3. The van der Waals surface area contributed by atoms with Crippen molar-refractivity contribution in [2.24, 2.45) is 11.3 Å². The van der Waals surface area contributed by atoms with Gasteiger partial charge in [-0.3, -0.25) is 0 Å². The lowest BCUT2D eigenvalue weighted by molar-refractivity contribution is -0.147. The molecule has 0 aliphatic heterocycles. The fraction of sp³-hybridized carbons (Fsp3) is 1.00. The third-order valence-electron chi connectivity index (χ3n) is 3.18. The highest BCUT2D eigenvalue weighted by Crippen LogP contribution is 2.50. The van der Waals surface area contributed by atoms with Gasteiger partial charge in [-0.25, -0.2) is 0 Å². The summed E-state index contributed by atoms with van der Waals surface area (Å²) in [7, 11) is 1.83. The third kappa shape index (κ3) is 1.44. The maximum atomic E-state index is 5.51. The van der Waals surface area contributed by atoms with Gasteiger partial charge >= 0.3 is 0 Å². The molecule has 1 fully saturated rings. The Kier molecular flexibility index (Phi) is 2.04. The maximum Gasteiger partial charge on any atom is 0.0683 e. The molecule has 0 saturated heterocycles. The molecule has 0 heterocycles. The van der Waals surface area contributed by atoms with Crippen LogP contribution in [0, 0.1) is 11.3 Å². The molecule has 0 aromatic carbocycles. The summed E-state index contributed by atoms with van der Waals surface area (Å²) >= 11 is 0. The average Bonchev–Trinajstić information content (AvgIpc) is 1.80. The fourth-order valence-corrected chi connectivity index (χ4v) is 2.29. The summed E-state index contributed by atoms with van der Waals surface area (Å²) in [5, 5.41) is 0. The lowest BCUT2D eigenvalue weighted by Gasteiger charge is -2.52. The van der Waals surface area contributed by atoms with Gasteiger partial charge in [-0.15, -0.1) is 0 Å². The van der Waals surface area contributed by atoms with E-state index in [9.17, 15) is 0 Å². The second-order valence-corrected chi connectivity index (χ2v) is 4.97. The lowest BCUT2D eigenvalue weighted by atomic mass is 9.59.